The van der Waals surface area contributed by atoms with Crippen molar-refractivity contribution < 1.29 is 13.9 Å². The van der Waals surface area contributed by atoms with E-state index in [9.17, 15) is 9.18 Å². The molecule has 4 heteroatoms. The first-order valence-corrected chi connectivity index (χ1v) is 5.06. The van der Waals surface area contributed by atoms with Gasteiger partial charge in [0.15, 0.2) is 17.3 Å². The molecular formula is C11H12ClFO2. The van der Waals surface area contributed by atoms with Gasteiger partial charge in [0.05, 0.1) is 18.1 Å². The highest BCUT2D eigenvalue weighted by atomic mass is 35.5. The molecule has 1 rings (SSSR count). The van der Waals surface area contributed by atoms with E-state index < -0.39 is 11.2 Å². The molecule has 0 saturated carbocycles. The maximum absolute atomic E-state index is 13.3. The predicted octanol–water partition coefficient (Wildman–Crippen LogP) is 3.03. The Labute approximate surface area is 93.0 Å². The minimum atomic E-state index is -0.638. The normalized spacial score (nSPS) is 12.3. The van der Waals surface area contributed by atoms with E-state index in [1.165, 1.54) is 25.3 Å². The molecule has 0 fully saturated rings. The van der Waals surface area contributed by atoms with Crippen molar-refractivity contribution in [2.45, 2.75) is 18.7 Å². The number of halogens is 2. The van der Waals surface area contributed by atoms with Gasteiger partial charge in [-0.3, -0.25) is 4.79 Å². The number of benzene rings is 1. The van der Waals surface area contributed by atoms with Gasteiger partial charge in [0.25, 0.3) is 0 Å². The zero-order chi connectivity index (χ0) is 11.4. The van der Waals surface area contributed by atoms with Crippen molar-refractivity contribution in [2.24, 2.45) is 0 Å². The zero-order valence-corrected chi connectivity index (χ0v) is 9.34. The first-order valence-electron chi connectivity index (χ1n) is 4.62. The highest BCUT2D eigenvalue weighted by Crippen LogP contribution is 2.25. The molecule has 0 spiro atoms. The molecule has 15 heavy (non-hydrogen) atoms. The molecule has 1 aromatic carbocycles. The van der Waals surface area contributed by atoms with Gasteiger partial charge in [-0.1, -0.05) is 13.0 Å². The first-order chi connectivity index (χ1) is 7.11. The number of ketones is 1. The fourth-order valence-corrected chi connectivity index (χ4v) is 1.38. The molecule has 1 unspecified atom stereocenters. The van der Waals surface area contributed by atoms with Crippen LogP contribution in [-0.2, 0) is 0 Å². The van der Waals surface area contributed by atoms with E-state index in [0.717, 1.165) is 0 Å². The lowest BCUT2D eigenvalue weighted by molar-refractivity contribution is 0.0982. The van der Waals surface area contributed by atoms with Gasteiger partial charge in [-0.25, -0.2) is 4.39 Å². The molecular weight excluding hydrogens is 219 g/mol. The van der Waals surface area contributed by atoms with Gasteiger partial charge in [-0.05, 0) is 18.6 Å². The Balaban J connectivity index is 3.13. The molecule has 2 nitrogen and oxygen atoms in total. The van der Waals surface area contributed by atoms with Crippen LogP contribution in [-0.4, -0.2) is 18.3 Å². The van der Waals surface area contributed by atoms with Crippen LogP contribution in [0.15, 0.2) is 18.2 Å². The molecule has 0 radical (unpaired) electrons. The maximum Gasteiger partial charge on any atom is 0.184 e. The number of ether oxygens (including phenoxy) is 1. The van der Waals surface area contributed by atoms with Crippen LogP contribution in [0.2, 0.25) is 0 Å². The summed E-state index contributed by atoms with van der Waals surface area (Å²) in [6, 6.07) is 4.21. The van der Waals surface area contributed by atoms with Crippen LogP contribution in [0, 0.1) is 5.82 Å². The van der Waals surface area contributed by atoms with Crippen LogP contribution in [0.5, 0.6) is 5.75 Å². The van der Waals surface area contributed by atoms with Crippen molar-refractivity contribution in [3.05, 3.63) is 29.6 Å². The average Bonchev–Trinajstić information content (AvgIpc) is 2.26. The zero-order valence-electron chi connectivity index (χ0n) is 8.59. The average molecular weight is 231 g/mol. The third-order valence-electron chi connectivity index (χ3n) is 2.08. The Morgan fingerprint density at radius 1 is 1.60 bits per heavy atom. The number of carbonyl (C=O) groups excluding carboxylic acids is 1. The predicted molar refractivity (Wildman–Crippen MR) is 57.2 cm³/mol. The Bertz CT molecular complexity index is 366. The lowest BCUT2D eigenvalue weighted by atomic mass is 10.1. The summed E-state index contributed by atoms with van der Waals surface area (Å²) in [5.41, 5.74) is 0.194. The molecule has 0 aliphatic rings. The van der Waals surface area contributed by atoms with E-state index in [2.05, 4.69) is 0 Å². The van der Waals surface area contributed by atoms with Crippen molar-refractivity contribution in [3.8, 4) is 5.75 Å². The fraction of sp³-hybridized carbons (Fsp3) is 0.364. The number of hydrogen-bond acceptors (Lipinski definition) is 2. The molecule has 1 aromatic rings. The van der Waals surface area contributed by atoms with Crippen molar-refractivity contribution in [1.82, 2.24) is 0 Å². The molecule has 0 bridgehead atoms. The molecule has 0 aromatic heterocycles. The summed E-state index contributed by atoms with van der Waals surface area (Å²) in [5, 5.41) is -0.638. The highest BCUT2D eigenvalue weighted by molar-refractivity contribution is 6.34. The van der Waals surface area contributed by atoms with Crippen LogP contribution in [0.3, 0.4) is 0 Å². The second kappa shape index (κ2) is 5.12. The largest absolute Gasteiger partial charge is 0.493 e. The van der Waals surface area contributed by atoms with Crippen molar-refractivity contribution >= 4 is 17.4 Å². The van der Waals surface area contributed by atoms with E-state index in [4.69, 9.17) is 16.3 Å². The Morgan fingerprint density at radius 2 is 2.27 bits per heavy atom. The number of alkyl halides is 1. The minimum absolute atomic E-state index is 0.0402. The standard InChI is InChI=1S/C11H12ClFO2/c1-3-8(12)10(14)7-5-4-6-9(13)11(7)15-2/h4-6,8H,3H2,1-2H3. The molecule has 0 aliphatic carbocycles. The van der Waals surface area contributed by atoms with Crippen molar-refractivity contribution in [1.29, 1.82) is 0 Å². The number of hydrogen-bond donors (Lipinski definition) is 0. The molecule has 82 valence electrons. The third-order valence-corrected chi connectivity index (χ3v) is 2.59. The van der Waals surface area contributed by atoms with Crippen LogP contribution in [0.1, 0.15) is 23.7 Å². The second-order valence-corrected chi connectivity index (χ2v) is 3.59. The summed E-state index contributed by atoms with van der Waals surface area (Å²) in [4.78, 5) is 11.7. The summed E-state index contributed by atoms with van der Waals surface area (Å²) in [5.74, 6) is -0.902. The van der Waals surface area contributed by atoms with Gasteiger partial charge >= 0.3 is 0 Å². The van der Waals surface area contributed by atoms with Crippen molar-refractivity contribution in [2.75, 3.05) is 7.11 Å². The lowest BCUT2D eigenvalue weighted by Crippen LogP contribution is -2.15. The van der Waals surface area contributed by atoms with Crippen LogP contribution in [0.25, 0.3) is 0 Å². The molecule has 0 N–H and O–H groups in total. The Hall–Kier alpha value is -1.09. The molecule has 0 heterocycles. The second-order valence-electron chi connectivity index (χ2n) is 3.06. The van der Waals surface area contributed by atoms with Crippen LogP contribution in [0.4, 0.5) is 4.39 Å². The number of carbonyl (C=O) groups is 1. The van der Waals surface area contributed by atoms with E-state index in [0.29, 0.717) is 6.42 Å². The smallest absolute Gasteiger partial charge is 0.184 e. The fourth-order valence-electron chi connectivity index (χ4n) is 1.26. The number of Topliss-reactive ketones (excluding diaryl/α,β-unsaturated/α-hetero) is 1. The van der Waals surface area contributed by atoms with Gasteiger partial charge in [0.2, 0.25) is 0 Å². The SMILES string of the molecule is CCC(Cl)C(=O)c1cccc(F)c1OC. The monoisotopic (exact) mass is 230 g/mol. The molecule has 0 saturated heterocycles. The first kappa shape index (κ1) is 12.0. The summed E-state index contributed by atoms with van der Waals surface area (Å²) >= 11 is 5.80. The van der Waals surface area contributed by atoms with Gasteiger partial charge in [0, 0.05) is 0 Å². The summed E-state index contributed by atoms with van der Waals surface area (Å²) in [7, 11) is 1.32. The summed E-state index contributed by atoms with van der Waals surface area (Å²) in [6.45, 7) is 1.79. The van der Waals surface area contributed by atoms with Gasteiger partial charge in [0.1, 0.15) is 0 Å². The van der Waals surface area contributed by atoms with Gasteiger partial charge in [-0.2, -0.15) is 0 Å². The van der Waals surface area contributed by atoms with E-state index in [1.807, 2.05) is 0 Å². The number of methoxy groups -OCH3 is 1. The van der Waals surface area contributed by atoms with Gasteiger partial charge < -0.3 is 4.74 Å². The third kappa shape index (κ3) is 2.48. The Kier molecular flexibility index (Phi) is 4.09. The molecule has 0 amide bonds. The topological polar surface area (TPSA) is 26.3 Å². The van der Waals surface area contributed by atoms with Gasteiger partial charge in [-0.15, -0.1) is 11.6 Å². The number of para-hydroxylation sites is 1. The Morgan fingerprint density at radius 3 is 2.80 bits per heavy atom. The number of rotatable bonds is 4. The van der Waals surface area contributed by atoms with Crippen LogP contribution < -0.4 is 4.74 Å². The summed E-state index contributed by atoms with van der Waals surface area (Å²) < 4.78 is 18.1. The summed E-state index contributed by atoms with van der Waals surface area (Å²) in [6.07, 6.45) is 0.500. The van der Waals surface area contributed by atoms with E-state index in [-0.39, 0.29) is 17.1 Å². The maximum atomic E-state index is 13.3. The molecule has 0 aliphatic heterocycles. The van der Waals surface area contributed by atoms with Crippen molar-refractivity contribution in [3.63, 3.8) is 0 Å². The highest BCUT2D eigenvalue weighted by Gasteiger charge is 2.21. The molecule has 1 atom stereocenters. The van der Waals surface area contributed by atoms with E-state index in [1.54, 1.807) is 6.92 Å². The van der Waals surface area contributed by atoms with Crippen LogP contribution >= 0.6 is 11.6 Å². The lowest BCUT2D eigenvalue weighted by Gasteiger charge is -2.10. The minimum Gasteiger partial charge on any atom is -0.493 e. The van der Waals surface area contributed by atoms with E-state index >= 15 is 0 Å². The quantitative estimate of drug-likeness (QED) is 0.587.